The molecule has 4 heterocycles. The van der Waals surface area contributed by atoms with Gasteiger partial charge in [-0.05, 0) is 42.3 Å². The molecule has 2 bridgehead atoms. The van der Waals surface area contributed by atoms with Crippen LogP contribution in [0.15, 0.2) is 72.9 Å². The van der Waals surface area contributed by atoms with Crippen molar-refractivity contribution in [1.82, 2.24) is 14.9 Å². The van der Waals surface area contributed by atoms with Crippen LogP contribution in [0.2, 0.25) is 0 Å². The van der Waals surface area contributed by atoms with Gasteiger partial charge in [-0.2, -0.15) is 13.2 Å². The van der Waals surface area contributed by atoms with Crippen LogP contribution >= 0.6 is 0 Å². The van der Waals surface area contributed by atoms with Crippen molar-refractivity contribution in [3.05, 3.63) is 95.8 Å². The Labute approximate surface area is 236 Å². The SMILES string of the molecule is O=C(Nc1ccc(N2CC3CC2CN3C(=O)Nc2c(F)cccc2F)nc1)c1cc(-c2ccccc2)[nH]c1C(F)(F)F. The fourth-order valence-electron chi connectivity index (χ4n) is 5.45. The van der Waals surface area contributed by atoms with Crippen LogP contribution in [0.3, 0.4) is 0 Å². The van der Waals surface area contributed by atoms with E-state index >= 15 is 0 Å². The molecule has 6 rings (SSSR count). The summed E-state index contributed by atoms with van der Waals surface area (Å²) >= 11 is 0. The predicted molar refractivity (Wildman–Crippen MR) is 145 cm³/mol. The summed E-state index contributed by atoms with van der Waals surface area (Å²) < 4.78 is 69.0. The molecule has 2 fully saturated rings. The van der Waals surface area contributed by atoms with Crippen LogP contribution in [0.4, 0.5) is 43.9 Å². The van der Waals surface area contributed by atoms with Crippen molar-refractivity contribution in [3.8, 4) is 11.3 Å². The molecule has 0 saturated carbocycles. The minimum absolute atomic E-state index is 0.0928. The van der Waals surface area contributed by atoms with Gasteiger partial charge in [-0.1, -0.05) is 36.4 Å². The van der Waals surface area contributed by atoms with E-state index in [1.54, 1.807) is 36.4 Å². The Kier molecular flexibility index (Phi) is 6.79. The molecule has 42 heavy (non-hydrogen) atoms. The molecule has 8 nitrogen and oxygen atoms in total. The average molecular weight is 583 g/mol. The number of anilines is 3. The third-order valence-corrected chi connectivity index (χ3v) is 7.43. The Balaban J connectivity index is 1.11. The Morgan fingerprint density at radius 1 is 0.905 bits per heavy atom. The van der Waals surface area contributed by atoms with Crippen molar-refractivity contribution in [2.75, 3.05) is 28.6 Å². The molecule has 0 spiro atoms. The van der Waals surface area contributed by atoms with Gasteiger partial charge in [-0.15, -0.1) is 0 Å². The summed E-state index contributed by atoms with van der Waals surface area (Å²) in [6, 6.07) is 15.1. The second-order valence-electron chi connectivity index (χ2n) is 10.1. The third kappa shape index (κ3) is 5.13. The Hall–Kier alpha value is -4.94. The first kappa shape index (κ1) is 27.2. The van der Waals surface area contributed by atoms with Gasteiger partial charge in [-0.25, -0.2) is 18.6 Å². The van der Waals surface area contributed by atoms with Gasteiger partial charge in [0.2, 0.25) is 0 Å². The van der Waals surface area contributed by atoms with E-state index in [0.717, 1.165) is 12.1 Å². The van der Waals surface area contributed by atoms with Crippen molar-refractivity contribution in [3.63, 3.8) is 0 Å². The Morgan fingerprint density at radius 2 is 1.64 bits per heavy atom. The van der Waals surface area contributed by atoms with E-state index in [0.29, 0.717) is 30.9 Å². The van der Waals surface area contributed by atoms with Gasteiger partial charge in [0.05, 0.1) is 29.5 Å². The predicted octanol–water partition coefficient (Wildman–Crippen LogP) is 6.12. The highest BCUT2D eigenvalue weighted by Gasteiger charge is 2.46. The lowest BCUT2D eigenvalue weighted by Gasteiger charge is -2.35. The van der Waals surface area contributed by atoms with Gasteiger partial charge in [0.25, 0.3) is 5.91 Å². The average Bonchev–Trinajstić information content (AvgIpc) is 3.71. The lowest BCUT2D eigenvalue weighted by atomic mass is 10.1. The fraction of sp³-hybridized carbons (Fsp3) is 0.207. The summed E-state index contributed by atoms with van der Waals surface area (Å²) in [4.78, 5) is 35.8. The number of alkyl halides is 3. The van der Waals surface area contributed by atoms with E-state index in [-0.39, 0.29) is 23.5 Å². The minimum atomic E-state index is -4.77. The van der Waals surface area contributed by atoms with Crippen molar-refractivity contribution in [2.45, 2.75) is 24.7 Å². The number of halogens is 5. The number of H-pyrrole nitrogens is 1. The van der Waals surface area contributed by atoms with E-state index in [1.165, 1.54) is 29.3 Å². The van der Waals surface area contributed by atoms with Gasteiger partial charge >= 0.3 is 12.2 Å². The maximum absolute atomic E-state index is 14.0. The molecule has 2 aromatic heterocycles. The number of para-hydroxylation sites is 1. The molecule has 13 heteroatoms. The number of fused-ring (bicyclic) bond motifs is 2. The number of benzene rings is 2. The van der Waals surface area contributed by atoms with Gasteiger partial charge in [-0.3, -0.25) is 4.79 Å². The third-order valence-electron chi connectivity index (χ3n) is 7.43. The number of amides is 3. The molecule has 2 aliphatic heterocycles. The van der Waals surface area contributed by atoms with Crippen LogP contribution in [0.25, 0.3) is 11.3 Å². The normalized spacial score (nSPS) is 17.9. The molecule has 3 amide bonds. The van der Waals surface area contributed by atoms with Crippen LogP contribution in [0.5, 0.6) is 0 Å². The number of carbonyl (C=O) groups is 2. The van der Waals surface area contributed by atoms with Crippen molar-refractivity contribution >= 4 is 29.1 Å². The van der Waals surface area contributed by atoms with E-state index in [1.807, 2.05) is 4.90 Å². The van der Waals surface area contributed by atoms with E-state index in [9.17, 15) is 31.5 Å². The topological polar surface area (TPSA) is 93.4 Å². The van der Waals surface area contributed by atoms with Gasteiger partial charge in [0.1, 0.15) is 28.8 Å². The number of aromatic amines is 1. The number of likely N-dealkylation sites (tertiary alicyclic amines) is 1. The van der Waals surface area contributed by atoms with Crippen LogP contribution < -0.4 is 15.5 Å². The number of urea groups is 1. The summed E-state index contributed by atoms with van der Waals surface area (Å²) in [6.07, 6.45) is -2.79. The number of hydrogen-bond donors (Lipinski definition) is 3. The number of nitrogens with zero attached hydrogens (tertiary/aromatic N) is 3. The summed E-state index contributed by atoms with van der Waals surface area (Å²) in [6.45, 7) is 0.737. The second-order valence-corrected chi connectivity index (χ2v) is 10.1. The van der Waals surface area contributed by atoms with E-state index < -0.39 is 46.7 Å². The maximum atomic E-state index is 14.0. The first-order valence-electron chi connectivity index (χ1n) is 13.0. The zero-order valence-electron chi connectivity index (χ0n) is 21.8. The standard InChI is InChI=1S/C29H23F5N6O2/c30-21-7-4-8-22(31)25(21)38-28(42)40-15-18-11-19(40)14-39(18)24-10-9-17(13-35-24)36-27(41)20-12-23(16-5-2-1-3-6-16)37-26(20)29(32,33)34/h1-10,12-13,18-19,37H,11,14-15H2,(H,36,41)(H,38,42). The van der Waals surface area contributed by atoms with E-state index in [2.05, 4.69) is 20.6 Å². The summed E-state index contributed by atoms with van der Waals surface area (Å²) in [7, 11) is 0. The molecular formula is C29H23F5N6O2. The van der Waals surface area contributed by atoms with Gasteiger partial charge < -0.3 is 25.4 Å². The van der Waals surface area contributed by atoms with Gasteiger partial charge in [0, 0.05) is 18.8 Å². The molecular weight excluding hydrogens is 559 g/mol. The lowest BCUT2D eigenvalue weighted by molar-refractivity contribution is -0.141. The minimum Gasteiger partial charge on any atom is -0.350 e. The van der Waals surface area contributed by atoms with Crippen molar-refractivity contribution in [1.29, 1.82) is 0 Å². The largest absolute Gasteiger partial charge is 0.432 e. The fourth-order valence-corrected chi connectivity index (χ4v) is 5.45. The number of pyridine rings is 1. The number of piperazine rings is 1. The number of hydrogen-bond acceptors (Lipinski definition) is 4. The van der Waals surface area contributed by atoms with E-state index in [4.69, 9.17) is 0 Å². The molecule has 0 aliphatic carbocycles. The monoisotopic (exact) mass is 582 g/mol. The maximum Gasteiger partial charge on any atom is 0.432 e. The molecule has 4 aromatic rings. The molecule has 2 aromatic carbocycles. The summed E-state index contributed by atoms with van der Waals surface area (Å²) in [5.74, 6) is -2.12. The van der Waals surface area contributed by atoms with Crippen molar-refractivity contribution < 1.29 is 31.5 Å². The zero-order valence-corrected chi connectivity index (χ0v) is 21.8. The van der Waals surface area contributed by atoms with Crippen LogP contribution in [-0.4, -0.2) is 52.0 Å². The number of rotatable bonds is 5. The van der Waals surface area contributed by atoms with Crippen molar-refractivity contribution in [2.24, 2.45) is 0 Å². The summed E-state index contributed by atoms with van der Waals surface area (Å²) in [5.41, 5.74) is -1.33. The first-order valence-corrected chi connectivity index (χ1v) is 13.0. The number of nitrogens with one attached hydrogen (secondary N) is 3. The zero-order chi connectivity index (χ0) is 29.6. The molecule has 216 valence electrons. The smallest absolute Gasteiger partial charge is 0.350 e. The summed E-state index contributed by atoms with van der Waals surface area (Å²) in [5, 5.41) is 4.79. The quantitative estimate of drug-likeness (QED) is 0.247. The molecule has 2 unspecified atom stereocenters. The molecule has 2 saturated heterocycles. The Bertz CT molecular complexity index is 1620. The first-order chi connectivity index (χ1) is 20.1. The highest BCUT2D eigenvalue weighted by atomic mass is 19.4. The molecule has 2 atom stereocenters. The van der Waals surface area contributed by atoms with Crippen LogP contribution in [-0.2, 0) is 6.18 Å². The highest BCUT2D eigenvalue weighted by molar-refractivity contribution is 6.06. The highest BCUT2D eigenvalue weighted by Crippen LogP contribution is 2.36. The van der Waals surface area contributed by atoms with Crippen LogP contribution in [0.1, 0.15) is 22.5 Å². The Morgan fingerprint density at radius 3 is 2.26 bits per heavy atom. The molecule has 2 aliphatic rings. The second kappa shape index (κ2) is 10.5. The number of aromatic nitrogens is 2. The van der Waals surface area contributed by atoms with Gasteiger partial charge in [0.15, 0.2) is 0 Å². The molecule has 0 radical (unpaired) electrons. The molecule has 3 N–H and O–H groups in total. The number of carbonyl (C=O) groups excluding carboxylic acids is 2. The lowest BCUT2D eigenvalue weighted by Crippen LogP contribution is -2.50. The van der Waals surface area contributed by atoms with Crippen LogP contribution in [0, 0.1) is 11.6 Å².